The number of hydrogen-bond donors (Lipinski definition) is 0. The molecule has 0 radical (unpaired) electrons. The second kappa shape index (κ2) is 2.58. The third kappa shape index (κ3) is 1.12. The van der Waals surface area contributed by atoms with Crippen LogP contribution < -0.4 is 0 Å². The molecule has 0 aromatic rings. The van der Waals surface area contributed by atoms with Gasteiger partial charge in [-0.25, -0.2) is 4.99 Å². The van der Waals surface area contributed by atoms with Gasteiger partial charge in [-0.2, -0.15) is 5.26 Å². The van der Waals surface area contributed by atoms with E-state index in [1.807, 2.05) is 22.5 Å². The van der Waals surface area contributed by atoms with E-state index in [1.54, 1.807) is 0 Å². The van der Waals surface area contributed by atoms with Crippen LogP contribution in [0, 0.1) is 11.3 Å². The molecule has 0 spiro atoms. The molecule has 0 atom stereocenters. The Morgan fingerprint density at radius 2 is 2.55 bits per heavy atom. The van der Waals surface area contributed by atoms with Gasteiger partial charge in [0, 0.05) is 27.2 Å². The molecule has 2 aliphatic rings. The van der Waals surface area contributed by atoms with Crippen LogP contribution in [0.2, 0.25) is 0 Å². The predicted molar refractivity (Wildman–Crippen MR) is 52.2 cm³/mol. The summed E-state index contributed by atoms with van der Waals surface area (Å²) < 4.78 is 4.04. The minimum Gasteiger partial charge on any atom is -0.278 e. The predicted octanol–water partition coefficient (Wildman–Crippen LogP) is 1.32. The highest BCUT2D eigenvalue weighted by molar-refractivity contribution is 14.2. The fraction of sp³-hybridized carbons (Fsp3) is 0. The molecule has 0 unspecified atom stereocenters. The van der Waals surface area contributed by atoms with Crippen molar-refractivity contribution < 1.29 is 0 Å². The maximum atomic E-state index is 8.57. The van der Waals surface area contributed by atoms with E-state index in [-0.39, 0.29) is 21.0 Å². The number of allylic oxidation sites excluding steroid dienone is 2. The topological polar surface area (TPSA) is 39.4 Å². The lowest BCUT2D eigenvalue weighted by Crippen LogP contribution is -2.13. The van der Waals surface area contributed by atoms with Gasteiger partial charge in [-0.1, -0.05) is 0 Å². The van der Waals surface area contributed by atoms with Crippen LogP contribution >= 0.6 is 21.0 Å². The van der Waals surface area contributed by atoms with Crippen molar-refractivity contribution in [2.75, 3.05) is 0 Å². The molecule has 0 aromatic carbocycles. The summed E-state index contributed by atoms with van der Waals surface area (Å²) >= 11 is -0.0800. The minimum atomic E-state index is -0.0800. The van der Waals surface area contributed by atoms with Crippen molar-refractivity contribution >= 4 is 31.0 Å². The van der Waals surface area contributed by atoms with E-state index in [4.69, 9.17) is 5.26 Å². The lowest BCUT2D eigenvalue weighted by atomic mass is 10.2. The van der Waals surface area contributed by atoms with Gasteiger partial charge in [0.1, 0.15) is 5.84 Å². The van der Waals surface area contributed by atoms with Gasteiger partial charge in [0.25, 0.3) is 0 Å². The van der Waals surface area contributed by atoms with Crippen molar-refractivity contribution in [2.24, 2.45) is 4.99 Å². The lowest BCUT2D eigenvalue weighted by Gasteiger charge is -2.12. The van der Waals surface area contributed by atoms with Crippen LogP contribution in [0.4, 0.5) is 0 Å². The quantitative estimate of drug-likeness (QED) is 0.485. The molecule has 0 aliphatic carbocycles. The highest BCUT2D eigenvalue weighted by atomic mass is 127. The van der Waals surface area contributed by atoms with Crippen LogP contribution in [0.1, 0.15) is 0 Å². The lowest BCUT2D eigenvalue weighted by molar-refractivity contribution is 0.994. The Hall–Kier alpha value is -0.960. The first kappa shape index (κ1) is 6.73. The van der Waals surface area contributed by atoms with Gasteiger partial charge < -0.3 is 0 Å². The third-order valence-electron chi connectivity index (χ3n) is 1.35. The van der Waals surface area contributed by atoms with Crippen molar-refractivity contribution in [3.05, 3.63) is 23.9 Å². The summed E-state index contributed by atoms with van der Waals surface area (Å²) in [5.74, 6) is 0.914. The standard InChI is InChI=1S/C7H4IN3/c9-4-6-1-2-11-7(3-6)10-5-8-11/h1-3,5H. The van der Waals surface area contributed by atoms with Gasteiger partial charge in [-0.15, -0.1) is 0 Å². The highest BCUT2D eigenvalue weighted by Gasteiger charge is 2.12. The largest absolute Gasteiger partial charge is 0.278 e. The third-order valence-corrected chi connectivity index (χ3v) is 3.29. The molecule has 54 valence electrons. The summed E-state index contributed by atoms with van der Waals surface area (Å²) in [5, 5.41) is 8.57. The Kier molecular flexibility index (Phi) is 1.58. The average molecular weight is 257 g/mol. The number of nitriles is 1. The molecule has 0 saturated heterocycles. The Morgan fingerprint density at radius 3 is 3.36 bits per heavy atom. The van der Waals surface area contributed by atoms with Gasteiger partial charge in [0.2, 0.25) is 0 Å². The van der Waals surface area contributed by atoms with Crippen molar-refractivity contribution in [1.29, 1.82) is 5.26 Å². The summed E-state index contributed by atoms with van der Waals surface area (Å²) in [6.45, 7) is 0. The zero-order valence-corrected chi connectivity index (χ0v) is 7.69. The maximum absolute atomic E-state index is 8.57. The highest BCUT2D eigenvalue weighted by Crippen LogP contribution is 2.20. The van der Waals surface area contributed by atoms with Gasteiger partial charge in [0.15, 0.2) is 0 Å². The van der Waals surface area contributed by atoms with E-state index < -0.39 is 0 Å². The number of aliphatic imine (C=N–C) groups is 1. The number of rotatable bonds is 0. The van der Waals surface area contributed by atoms with Crippen LogP contribution in [-0.2, 0) is 0 Å². The first-order valence-electron chi connectivity index (χ1n) is 3.02. The minimum absolute atomic E-state index is 0.0800. The Balaban J connectivity index is 2.39. The van der Waals surface area contributed by atoms with Crippen molar-refractivity contribution in [2.45, 2.75) is 0 Å². The Bertz CT molecular complexity index is 343. The van der Waals surface area contributed by atoms with Crippen molar-refractivity contribution in [3.63, 3.8) is 0 Å². The molecular formula is C7H4IN3. The van der Waals surface area contributed by atoms with E-state index in [1.165, 1.54) is 0 Å². The van der Waals surface area contributed by atoms with Gasteiger partial charge in [-0.3, -0.25) is 3.11 Å². The monoisotopic (exact) mass is 257 g/mol. The maximum Gasteiger partial charge on any atom is 0.142 e. The SMILES string of the molecule is N#CC1=CC2=NC=IN2C=C1. The average Bonchev–Trinajstić information content (AvgIpc) is 2.50. The molecule has 2 aliphatic heterocycles. The number of fused-ring (bicyclic) bond motifs is 1. The van der Waals surface area contributed by atoms with Crippen LogP contribution in [0.3, 0.4) is 0 Å². The van der Waals surface area contributed by atoms with Crippen LogP contribution in [0.15, 0.2) is 28.9 Å². The van der Waals surface area contributed by atoms with E-state index in [0.29, 0.717) is 5.57 Å². The molecule has 0 fully saturated rings. The van der Waals surface area contributed by atoms with E-state index >= 15 is 0 Å². The normalized spacial score (nSPS) is 19.7. The summed E-state index contributed by atoms with van der Waals surface area (Å²) in [6.07, 6.45) is 5.55. The fourth-order valence-electron chi connectivity index (χ4n) is 0.834. The molecule has 0 aromatic heterocycles. The fourth-order valence-corrected chi connectivity index (χ4v) is 2.41. The molecule has 0 amide bonds. The molecule has 0 saturated carbocycles. The molecular weight excluding hydrogens is 253 g/mol. The molecule has 11 heavy (non-hydrogen) atoms. The summed E-state index contributed by atoms with van der Waals surface area (Å²) in [4.78, 5) is 4.14. The van der Waals surface area contributed by atoms with Crippen LogP contribution in [0.5, 0.6) is 0 Å². The first-order valence-corrected chi connectivity index (χ1v) is 5.23. The smallest absolute Gasteiger partial charge is 0.142 e. The zero-order valence-electron chi connectivity index (χ0n) is 5.53. The Labute approximate surface area is 74.4 Å². The van der Waals surface area contributed by atoms with Gasteiger partial charge in [0.05, 0.1) is 15.8 Å². The second-order valence-corrected chi connectivity index (χ2v) is 4.17. The van der Waals surface area contributed by atoms with Crippen molar-refractivity contribution in [3.8, 4) is 6.07 Å². The molecule has 4 heteroatoms. The second-order valence-electron chi connectivity index (χ2n) is 2.02. The van der Waals surface area contributed by atoms with Gasteiger partial charge in [-0.05, 0) is 12.2 Å². The number of hydrogen-bond acceptors (Lipinski definition) is 3. The summed E-state index contributed by atoms with van der Waals surface area (Å²) in [5.41, 5.74) is 0.680. The van der Waals surface area contributed by atoms with Crippen molar-refractivity contribution in [1.82, 2.24) is 3.11 Å². The number of amidine groups is 1. The summed E-state index contributed by atoms with van der Waals surface area (Å²) in [6, 6.07) is 2.08. The first-order chi connectivity index (χ1) is 5.40. The molecule has 2 rings (SSSR count). The molecule has 3 nitrogen and oxygen atoms in total. The summed E-state index contributed by atoms with van der Waals surface area (Å²) in [7, 11) is 0. The van der Waals surface area contributed by atoms with E-state index in [0.717, 1.165) is 5.84 Å². The zero-order chi connectivity index (χ0) is 7.68. The van der Waals surface area contributed by atoms with E-state index in [9.17, 15) is 0 Å². The Morgan fingerprint density at radius 1 is 1.64 bits per heavy atom. The molecule has 2 heterocycles. The van der Waals surface area contributed by atoms with Gasteiger partial charge >= 0.3 is 0 Å². The number of nitrogens with zero attached hydrogens (tertiary/aromatic N) is 3. The molecule has 0 bridgehead atoms. The van der Waals surface area contributed by atoms with E-state index in [2.05, 4.69) is 14.2 Å². The van der Waals surface area contributed by atoms with Crippen LogP contribution in [-0.4, -0.2) is 13.1 Å². The number of halogens is 1. The van der Waals surface area contributed by atoms with Crippen LogP contribution in [0.25, 0.3) is 0 Å². The molecule has 0 N–H and O–H groups in total.